The number of benzene rings is 1. The summed E-state index contributed by atoms with van der Waals surface area (Å²) in [7, 11) is -3.43. The van der Waals surface area contributed by atoms with E-state index in [0.29, 0.717) is 4.90 Å². The minimum absolute atomic E-state index is 0.305. The predicted octanol–water partition coefficient (Wildman–Crippen LogP) is 3.45. The van der Waals surface area contributed by atoms with Crippen LogP contribution in [-0.4, -0.2) is 8.42 Å². The molecule has 0 aliphatic rings. The van der Waals surface area contributed by atoms with Crippen molar-refractivity contribution in [2.75, 3.05) is 0 Å². The van der Waals surface area contributed by atoms with Crippen molar-refractivity contribution in [2.45, 2.75) is 44.4 Å². The molecule has 1 rings (SSSR count). The van der Waals surface area contributed by atoms with E-state index in [9.17, 15) is 8.42 Å². The van der Waals surface area contributed by atoms with Crippen LogP contribution >= 0.6 is 0 Å². The lowest BCUT2D eigenvalue weighted by Gasteiger charge is -2.11. The number of unbranched alkanes of at least 4 members (excludes halogenated alkanes) is 2. The number of nitrogens with one attached hydrogen (secondary N) is 1. The van der Waals surface area contributed by atoms with Crippen molar-refractivity contribution in [1.29, 1.82) is 0 Å². The standard InChI is InChI=1S/C14H21NO2S/c1-3-5-7-10-13(4-2)15-18(16,17)14-11-8-6-9-12-14/h4,6,8-9,11-12,15H,3,5,7,10H2,1-2H3. The summed E-state index contributed by atoms with van der Waals surface area (Å²) >= 11 is 0. The third kappa shape index (κ3) is 4.53. The van der Waals surface area contributed by atoms with E-state index in [0.717, 1.165) is 31.4 Å². The molecule has 100 valence electrons. The number of allylic oxidation sites excluding steroid dienone is 2. The van der Waals surface area contributed by atoms with E-state index >= 15 is 0 Å². The van der Waals surface area contributed by atoms with Crippen LogP contribution in [0.15, 0.2) is 47.0 Å². The van der Waals surface area contributed by atoms with Crippen molar-refractivity contribution in [1.82, 2.24) is 4.72 Å². The first-order valence-corrected chi connectivity index (χ1v) is 7.81. The van der Waals surface area contributed by atoms with Crippen LogP contribution in [0, 0.1) is 0 Å². The average Bonchev–Trinajstić information content (AvgIpc) is 2.38. The molecule has 3 nitrogen and oxygen atoms in total. The smallest absolute Gasteiger partial charge is 0.261 e. The molecule has 0 aromatic heterocycles. The maximum Gasteiger partial charge on any atom is 0.261 e. The van der Waals surface area contributed by atoms with Crippen molar-refractivity contribution in [3.8, 4) is 0 Å². The molecule has 0 amide bonds. The molecular weight excluding hydrogens is 246 g/mol. The van der Waals surface area contributed by atoms with Gasteiger partial charge in [-0.25, -0.2) is 8.42 Å². The molecule has 4 heteroatoms. The zero-order valence-corrected chi connectivity index (χ0v) is 11.8. The van der Waals surface area contributed by atoms with Crippen LogP contribution in [-0.2, 0) is 10.0 Å². The minimum atomic E-state index is -3.43. The van der Waals surface area contributed by atoms with Crippen molar-refractivity contribution in [3.05, 3.63) is 42.1 Å². The van der Waals surface area contributed by atoms with E-state index < -0.39 is 10.0 Å². The average molecular weight is 267 g/mol. The van der Waals surface area contributed by atoms with Gasteiger partial charge in [-0.3, -0.25) is 4.72 Å². The Labute approximate surface area is 110 Å². The van der Waals surface area contributed by atoms with Crippen molar-refractivity contribution >= 4 is 10.0 Å². The Morgan fingerprint density at radius 2 is 1.89 bits per heavy atom. The van der Waals surface area contributed by atoms with Gasteiger partial charge < -0.3 is 0 Å². The van der Waals surface area contributed by atoms with Gasteiger partial charge in [0.25, 0.3) is 10.0 Å². The SMILES string of the molecule is CC=C(CCCCC)NS(=O)(=O)c1ccccc1. The van der Waals surface area contributed by atoms with E-state index in [1.807, 2.05) is 13.0 Å². The second-order valence-corrected chi connectivity index (χ2v) is 5.87. The molecule has 0 saturated carbocycles. The first kappa shape index (κ1) is 14.8. The summed E-state index contributed by atoms with van der Waals surface area (Å²) in [5.41, 5.74) is 0.771. The summed E-state index contributed by atoms with van der Waals surface area (Å²) in [6, 6.07) is 8.45. The molecule has 0 aliphatic carbocycles. The van der Waals surface area contributed by atoms with Crippen LogP contribution in [0.1, 0.15) is 39.5 Å². The quantitative estimate of drug-likeness (QED) is 0.769. The molecule has 0 heterocycles. The summed E-state index contributed by atoms with van der Waals surface area (Å²) in [5, 5.41) is 0. The minimum Gasteiger partial charge on any atom is -0.284 e. The molecular formula is C14H21NO2S. The maximum atomic E-state index is 12.1. The van der Waals surface area contributed by atoms with Gasteiger partial charge in [0.1, 0.15) is 0 Å². The van der Waals surface area contributed by atoms with Gasteiger partial charge in [-0.05, 0) is 31.9 Å². The molecule has 1 aromatic rings. The van der Waals surface area contributed by atoms with Crippen LogP contribution in [0.4, 0.5) is 0 Å². The van der Waals surface area contributed by atoms with Gasteiger partial charge in [-0.2, -0.15) is 0 Å². The van der Waals surface area contributed by atoms with Crippen LogP contribution in [0.25, 0.3) is 0 Å². The van der Waals surface area contributed by atoms with Crippen LogP contribution < -0.4 is 4.72 Å². The molecule has 0 saturated heterocycles. The predicted molar refractivity (Wildman–Crippen MR) is 74.7 cm³/mol. The highest BCUT2D eigenvalue weighted by atomic mass is 32.2. The molecule has 0 radical (unpaired) electrons. The lowest BCUT2D eigenvalue weighted by molar-refractivity contribution is 0.585. The van der Waals surface area contributed by atoms with Crippen LogP contribution in [0.3, 0.4) is 0 Å². The molecule has 0 atom stereocenters. The van der Waals surface area contributed by atoms with Crippen molar-refractivity contribution < 1.29 is 8.42 Å². The largest absolute Gasteiger partial charge is 0.284 e. The summed E-state index contributed by atoms with van der Waals surface area (Å²) in [5.74, 6) is 0. The highest BCUT2D eigenvalue weighted by Gasteiger charge is 2.13. The molecule has 0 unspecified atom stereocenters. The Bertz CT molecular complexity index is 478. The molecule has 0 aliphatic heterocycles. The summed E-state index contributed by atoms with van der Waals surface area (Å²) < 4.78 is 26.8. The maximum absolute atomic E-state index is 12.1. The zero-order valence-electron chi connectivity index (χ0n) is 11.0. The number of hydrogen-bond donors (Lipinski definition) is 1. The van der Waals surface area contributed by atoms with Gasteiger partial charge in [0.2, 0.25) is 0 Å². The molecule has 1 aromatic carbocycles. The first-order valence-electron chi connectivity index (χ1n) is 6.33. The van der Waals surface area contributed by atoms with Crippen LogP contribution in [0.5, 0.6) is 0 Å². The van der Waals surface area contributed by atoms with Gasteiger partial charge in [0.05, 0.1) is 4.90 Å². The zero-order chi connectivity index (χ0) is 13.4. The molecule has 0 fully saturated rings. The Hall–Kier alpha value is -1.29. The Balaban J connectivity index is 2.70. The summed E-state index contributed by atoms with van der Waals surface area (Å²) in [4.78, 5) is 0.305. The molecule has 18 heavy (non-hydrogen) atoms. The lowest BCUT2D eigenvalue weighted by atomic mass is 10.2. The second-order valence-electron chi connectivity index (χ2n) is 4.19. The van der Waals surface area contributed by atoms with Crippen molar-refractivity contribution in [3.63, 3.8) is 0 Å². The number of hydrogen-bond acceptors (Lipinski definition) is 2. The van der Waals surface area contributed by atoms with E-state index in [1.54, 1.807) is 30.3 Å². The van der Waals surface area contributed by atoms with Gasteiger partial charge in [-0.1, -0.05) is 44.0 Å². The lowest BCUT2D eigenvalue weighted by Crippen LogP contribution is -2.23. The number of sulfonamides is 1. The Morgan fingerprint density at radius 3 is 2.44 bits per heavy atom. The summed E-state index contributed by atoms with van der Waals surface area (Å²) in [6.45, 7) is 3.98. The van der Waals surface area contributed by atoms with E-state index in [4.69, 9.17) is 0 Å². The topological polar surface area (TPSA) is 46.2 Å². The third-order valence-corrected chi connectivity index (χ3v) is 4.14. The Kier molecular flexibility index (Phi) is 5.92. The molecule has 0 spiro atoms. The normalized spacial score (nSPS) is 12.4. The number of rotatable bonds is 7. The van der Waals surface area contributed by atoms with E-state index in [1.165, 1.54) is 0 Å². The fourth-order valence-corrected chi connectivity index (χ4v) is 2.85. The molecule has 1 N–H and O–H groups in total. The summed E-state index contributed by atoms with van der Waals surface area (Å²) in [6.07, 6.45) is 5.85. The first-order chi connectivity index (χ1) is 8.60. The fraction of sp³-hybridized carbons (Fsp3) is 0.429. The van der Waals surface area contributed by atoms with Gasteiger partial charge in [0.15, 0.2) is 0 Å². The van der Waals surface area contributed by atoms with E-state index in [2.05, 4.69) is 11.6 Å². The monoisotopic (exact) mass is 267 g/mol. The van der Waals surface area contributed by atoms with E-state index in [-0.39, 0.29) is 0 Å². The van der Waals surface area contributed by atoms with Crippen molar-refractivity contribution in [2.24, 2.45) is 0 Å². The van der Waals surface area contributed by atoms with Gasteiger partial charge >= 0.3 is 0 Å². The Morgan fingerprint density at radius 1 is 1.22 bits per heavy atom. The van der Waals surface area contributed by atoms with Gasteiger partial charge in [-0.15, -0.1) is 0 Å². The highest BCUT2D eigenvalue weighted by Crippen LogP contribution is 2.12. The highest BCUT2D eigenvalue weighted by molar-refractivity contribution is 7.89. The molecule has 0 bridgehead atoms. The van der Waals surface area contributed by atoms with Gasteiger partial charge in [0, 0.05) is 5.70 Å². The fourth-order valence-electron chi connectivity index (χ4n) is 1.65. The second kappa shape index (κ2) is 7.21. The third-order valence-electron chi connectivity index (χ3n) is 2.72. The van der Waals surface area contributed by atoms with Crippen LogP contribution in [0.2, 0.25) is 0 Å².